The molecule has 0 atom stereocenters. The third-order valence-corrected chi connectivity index (χ3v) is 0.303. The molecule has 0 aliphatic rings. The van der Waals surface area contributed by atoms with Gasteiger partial charge in [0.15, 0.2) is 0 Å². The molecular formula is C4H5O2Zn-. The van der Waals surface area contributed by atoms with Gasteiger partial charge in [-0.05, 0) is 13.0 Å². The maximum Gasteiger partial charge on any atom is 0.0639 e. The second kappa shape index (κ2) is 5.83. The van der Waals surface area contributed by atoms with Gasteiger partial charge in [-0.2, -0.15) is 0 Å². The van der Waals surface area contributed by atoms with Gasteiger partial charge in [0.1, 0.15) is 0 Å². The minimum Gasteiger partial charge on any atom is -0.545 e. The second-order valence-corrected chi connectivity index (χ2v) is 0.819. The fourth-order valence-corrected chi connectivity index (χ4v) is 0.136. The number of carbonyl (C=O) groups is 1. The third-order valence-electron chi connectivity index (χ3n) is 0.303. The summed E-state index contributed by atoms with van der Waals surface area (Å²) >= 11 is 0. The van der Waals surface area contributed by atoms with Crippen LogP contribution in [0.5, 0.6) is 0 Å². The van der Waals surface area contributed by atoms with E-state index in [1.165, 1.54) is 6.08 Å². The number of hydrogen-bond acceptors (Lipinski definition) is 2. The Kier molecular flexibility index (Phi) is 8.29. The summed E-state index contributed by atoms with van der Waals surface area (Å²) in [6, 6.07) is 0. The van der Waals surface area contributed by atoms with Crippen molar-refractivity contribution in [2.75, 3.05) is 0 Å². The molecule has 0 aromatic rings. The first-order chi connectivity index (χ1) is 2.77. The summed E-state index contributed by atoms with van der Waals surface area (Å²) in [5.41, 5.74) is 0. The molecule has 0 amide bonds. The van der Waals surface area contributed by atoms with Crippen LogP contribution in [0.25, 0.3) is 0 Å². The number of carbonyl (C=O) groups excluding carboxylic acids is 1. The normalized spacial score (nSPS) is 8.14. The van der Waals surface area contributed by atoms with Gasteiger partial charge in [-0.25, -0.2) is 0 Å². The van der Waals surface area contributed by atoms with E-state index in [0.29, 0.717) is 0 Å². The number of allylic oxidation sites excluding steroid dienone is 1. The molecule has 7 heavy (non-hydrogen) atoms. The fraction of sp³-hybridized carbons (Fsp3) is 0.250. The van der Waals surface area contributed by atoms with E-state index in [0.717, 1.165) is 6.08 Å². The molecule has 2 nitrogen and oxygen atoms in total. The average Bonchev–Trinajstić information content (AvgIpc) is 1.35. The zero-order valence-corrected chi connectivity index (χ0v) is 7.15. The molecule has 0 unspecified atom stereocenters. The fourth-order valence-electron chi connectivity index (χ4n) is 0.136. The van der Waals surface area contributed by atoms with Crippen LogP contribution < -0.4 is 5.11 Å². The molecule has 0 aromatic heterocycles. The van der Waals surface area contributed by atoms with E-state index in [2.05, 4.69) is 0 Å². The number of hydrogen-bond donors (Lipinski definition) is 0. The van der Waals surface area contributed by atoms with Crippen molar-refractivity contribution in [3.63, 3.8) is 0 Å². The molecule has 3 heteroatoms. The van der Waals surface area contributed by atoms with Crippen LogP contribution in [-0.2, 0) is 24.3 Å². The molecule has 0 aliphatic carbocycles. The van der Waals surface area contributed by atoms with Crippen LogP contribution >= 0.6 is 0 Å². The van der Waals surface area contributed by atoms with Gasteiger partial charge in [-0.1, -0.05) is 6.08 Å². The van der Waals surface area contributed by atoms with Crippen molar-refractivity contribution >= 4 is 5.97 Å². The Morgan fingerprint density at radius 1 is 1.71 bits per heavy atom. The maximum absolute atomic E-state index is 9.40. The first kappa shape index (κ1) is 9.95. The minimum atomic E-state index is -1.14. The van der Waals surface area contributed by atoms with Gasteiger partial charge >= 0.3 is 0 Å². The van der Waals surface area contributed by atoms with E-state index >= 15 is 0 Å². The zero-order valence-electron chi connectivity index (χ0n) is 4.18. The van der Waals surface area contributed by atoms with Gasteiger partial charge in [0.2, 0.25) is 0 Å². The number of carboxylic acid groups (broad SMARTS) is 1. The Bertz CT molecular complexity index is 77.8. The Balaban J connectivity index is 0. The van der Waals surface area contributed by atoms with Crippen molar-refractivity contribution < 1.29 is 29.4 Å². The molecule has 0 rings (SSSR count). The molecule has 0 radical (unpaired) electrons. The molecule has 0 aromatic carbocycles. The summed E-state index contributed by atoms with van der Waals surface area (Å²) in [6.07, 6.45) is 2.38. The van der Waals surface area contributed by atoms with Gasteiger partial charge < -0.3 is 9.90 Å². The Hall–Kier alpha value is -0.167. The first-order valence-corrected chi connectivity index (χ1v) is 1.61. The minimum absolute atomic E-state index is 0. The molecular weight excluding hydrogens is 145 g/mol. The Morgan fingerprint density at radius 2 is 2.14 bits per heavy atom. The molecule has 36 valence electrons. The average molecular weight is 150 g/mol. The molecule has 0 heterocycles. The topological polar surface area (TPSA) is 40.1 Å². The molecule has 0 saturated heterocycles. The second-order valence-electron chi connectivity index (χ2n) is 0.819. The number of carboxylic acids is 1. The van der Waals surface area contributed by atoms with Crippen molar-refractivity contribution in [3.05, 3.63) is 12.2 Å². The van der Waals surface area contributed by atoms with Crippen LogP contribution in [0.3, 0.4) is 0 Å². The summed E-state index contributed by atoms with van der Waals surface area (Å²) < 4.78 is 0. The molecule has 0 spiro atoms. The summed E-state index contributed by atoms with van der Waals surface area (Å²) in [7, 11) is 0. The maximum atomic E-state index is 9.40. The van der Waals surface area contributed by atoms with Crippen molar-refractivity contribution in [1.29, 1.82) is 0 Å². The largest absolute Gasteiger partial charge is 0.545 e. The van der Waals surface area contributed by atoms with Crippen LogP contribution in [0, 0.1) is 0 Å². The van der Waals surface area contributed by atoms with E-state index in [1.807, 2.05) is 0 Å². The molecule has 0 bridgehead atoms. The van der Waals surface area contributed by atoms with E-state index < -0.39 is 5.97 Å². The van der Waals surface area contributed by atoms with Crippen LogP contribution in [0.1, 0.15) is 6.92 Å². The van der Waals surface area contributed by atoms with Crippen LogP contribution in [-0.4, -0.2) is 5.97 Å². The van der Waals surface area contributed by atoms with Crippen LogP contribution in [0.15, 0.2) is 12.2 Å². The molecule has 0 saturated carbocycles. The van der Waals surface area contributed by atoms with Crippen LogP contribution in [0.2, 0.25) is 0 Å². The molecule has 0 fully saturated rings. The van der Waals surface area contributed by atoms with E-state index in [4.69, 9.17) is 0 Å². The van der Waals surface area contributed by atoms with E-state index in [-0.39, 0.29) is 19.5 Å². The molecule has 0 N–H and O–H groups in total. The van der Waals surface area contributed by atoms with Gasteiger partial charge in [-0.15, -0.1) is 0 Å². The Morgan fingerprint density at radius 3 is 2.14 bits per heavy atom. The van der Waals surface area contributed by atoms with Gasteiger partial charge in [0, 0.05) is 19.5 Å². The Labute approximate surface area is 55.0 Å². The summed E-state index contributed by atoms with van der Waals surface area (Å²) in [6.45, 7) is 1.62. The predicted octanol–water partition coefficient (Wildman–Crippen LogP) is -0.690. The monoisotopic (exact) mass is 149 g/mol. The van der Waals surface area contributed by atoms with Crippen molar-refractivity contribution in [2.45, 2.75) is 6.92 Å². The smallest absolute Gasteiger partial charge is 0.0639 e. The van der Waals surface area contributed by atoms with Crippen LogP contribution in [0.4, 0.5) is 0 Å². The van der Waals surface area contributed by atoms with E-state index in [9.17, 15) is 9.90 Å². The predicted molar refractivity (Wildman–Crippen MR) is 19.8 cm³/mol. The van der Waals surface area contributed by atoms with Gasteiger partial charge in [-0.3, -0.25) is 0 Å². The quantitative estimate of drug-likeness (QED) is 0.367. The summed E-state index contributed by atoms with van der Waals surface area (Å²) in [4.78, 5) is 9.40. The van der Waals surface area contributed by atoms with Crippen molar-refractivity contribution in [1.82, 2.24) is 0 Å². The standard InChI is InChI=1S/C4H6O2.Zn/c1-2-3-4(5)6;/h2-3H,1H3,(H,5,6);/p-1/b3-2+;. The summed E-state index contributed by atoms with van der Waals surface area (Å²) in [5.74, 6) is -1.14. The van der Waals surface area contributed by atoms with Crippen molar-refractivity contribution in [2.24, 2.45) is 0 Å². The SMILES string of the molecule is C/C=C/C(=O)[O-].[Zn]. The van der Waals surface area contributed by atoms with Gasteiger partial charge in [0.25, 0.3) is 0 Å². The number of rotatable bonds is 1. The summed E-state index contributed by atoms with van der Waals surface area (Å²) in [5, 5.41) is 9.40. The van der Waals surface area contributed by atoms with Gasteiger partial charge in [0.05, 0.1) is 5.97 Å². The molecule has 0 aliphatic heterocycles. The number of aliphatic carboxylic acids is 1. The van der Waals surface area contributed by atoms with Crippen molar-refractivity contribution in [3.8, 4) is 0 Å². The first-order valence-electron chi connectivity index (χ1n) is 1.61. The third kappa shape index (κ3) is 10.7. The van der Waals surface area contributed by atoms with E-state index in [1.54, 1.807) is 6.92 Å². The zero-order chi connectivity index (χ0) is 4.99.